The third-order valence-corrected chi connectivity index (χ3v) is 5.14. The highest BCUT2D eigenvalue weighted by Gasteiger charge is 2.21. The number of aliphatic hydroxyl groups is 1. The number of benzene rings is 1. The molecule has 0 fully saturated rings. The van der Waals surface area contributed by atoms with Gasteiger partial charge < -0.3 is 10.0 Å². The van der Waals surface area contributed by atoms with Gasteiger partial charge in [0.25, 0.3) is 5.91 Å². The van der Waals surface area contributed by atoms with Crippen molar-refractivity contribution >= 4 is 17.2 Å². The fourth-order valence-electron chi connectivity index (χ4n) is 2.52. The summed E-state index contributed by atoms with van der Waals surface area (Å²) in [5, 5.41) is 10.4. The lowest BCUT2D eigenvalue weighted by atomic mass is 10.1. The standard InChI is InChI=1S/C19H26N2O2S/c1-4-5-6-17-20-15(3)18(24-17)19(23)21(11-12-22)13-16-9-7-14(2)8-10-16/h7-10,22H,4-6,11-13H2,1-3H3. The number of carbonyl (C=O) groups is 1. The Morgan fingerprint density at radius 1 is 1.25 bits per heavy atom. The molecule has 1 amide bonds. The smallest absolute Gasteiger partial charge is 0.266 e. The number of carbonyl (C=O) groups excluding carboxylic acids is 1. The molecule has 130 valence electrons. The topological polar surface area (TPSA) is 53.4 Å². The van der Waals surface area contributed by atoms with Crippen molar-refractivity contribution in [1.82, 2.24) is 9.88 Å². The summed E-state index contributed by atoms with van der Waals surface area (Å²) in [6, 6.07) is 8.13. The van der Waals surface area contributed by atoms with E-state index in [4.69, 9.17) is 0 Å². The van der Waals surface area contributed by atoms with Crippen LogP contribution in [-0.2, 0) is 13.0 Å². The molecule has 0 bridgehead atoms. The average molecular weight is 346 g/mol. The number of aliphatic hydroxyl groups excluding tert-OH is 1. The van der Waals surface area contributed by atoms with E-state index < -0.39 is 0 Å². The van der Waals surface area contributed by atoms with Gasteiger partial charge in [0.05, 0.1) is 17.3 Å². The van der Waals surface area contributed by atoms with E-state index in [2.05, 4.69) is 11.9 Å². The Bertz CT molecular complexity index is 665. The van der Waals surface area contributed by atoms with Crippen molar-refractivity contribution in [3.63, 3.8) is 0 Å². The highest BCUT2D eigenvalue weighted by atomic mass is 32.1. The third-order valence-electron chi connectivity index (χ3n) is 3.93. The zero-order valence-electron chi connectivity index (χ0n) is 14.7. The van der Waals surface area contributed by atoms with E-state index in [1.54, 1.807) is 4.90 Å². The van der Waals surface area contributed by atoms with Gasteiger partial charge >= 0.3 is 0 Å². The summed E-state index contributed by atoms with van der Waals surface area (Å²) >= 11 is 1.49. The molecule has 0 aliphatic carbocycles. The van der Waals surface area contributed by atoms with Crippen molar-refractivity contribution in [3.05, 3.63) is 51.0 Å². The number of amides is 1. The molecule has 1 aromatic carbocycles. The lowest BCUT2D eigenvalue weighted by Gasteiger charge is -2.21. The van der Waals surface area contributed by atoms with Crippen molar-refractivity contribution in [2.45, 2.75) is 46.6 Å². The maximum absolute atomic E-state index is 12.9. The van der Waals surface area contributed by atoms with Crippen molar-refractivity contribution in [2.24, 2.45) is 0 Å². The highest BCUT2D eigenvalue weighted by Crippen LogP contribution is 2.22. The summed E-state index contributed by atoms with van der Waals surface area (Å²) in [5.74, 6) is -0.0395. The molecule has 0 atom stereocenters. The number of aromatic nitrogens is 1. The first-order chi connectivity index (χ1) is 11.5. The van der Waals surface area contributed by atoms with E-state index in [1.165, 1.54) is 16.9 Å². The van der Waals surface area contributed by atoms with Crippen LogP contribution < -0.4 is 0 Å². The van der Waals surface area contributed by atoms with Gasteiger partial charge in [-0.2, -0.15) is 0 Å². The first-order valence-electron chi connectivity index (χ1n) is 8.47. The van der Waals surface area contributed by atoms with Crippen LogP contribution >= 0.6 is 11.3 Å². The maximum atomic E-state index is 12.9. The van der Waals surface area contributed by atoms with Gasteiger partial charge in [0.2, 0.25) is 0 Å². The molecule has 24 heavy (non-hydrogen) atoms. The normalized spacial score (nSPS) is 10.8. The minimum Gasteiger partial charge on any atom is -0.395 e. The number of unbranched alkanes of at least 4 members (excludes halogenated alkanes) is 1. The second-order valence-electron chi connectivity index (χ2n) is 6.06. The molecule has 1 heterocycles. The molecule has 0 radical (unpaired) electrons. The Kier molecular flexibility index (Phi) is 6.94. The molecular weight excluding hydrogens is 320 g/mol. The number of rotatable bonds is 8. The summed E-state index contributed by atoms with van der Waals surface area (Å²) in [4.78, 5) is 19.8. The van der Waals surface area contributed by atoms with Gasteiger partial charge in [0, 0.05) is 13.1 Å². The fourth-order valence-corrected chi connectivity index (χ4v) is 3.59. The largest absolute Gasteiger partial charge is 0.395 e. The molecule has 2 aromatic rings. The van der Waals surface area contributed by atoms with Crippen molar-refractivity contribution in [3.8, 4) is 0 Å². The zero-order chi connectivity index (χ0) is 17.5. The maximum Gasteiger partial charge on any atom is 0.266 e. The summed E-state index contributed by atoms with van der Waals surface area (Å²) in [7, 11) is 0. The number of nitrogens with zero attached hydrogens (tertiary/aromatic N) is 2. The summed E-state index contributed by atoms with van der Waals surface area (Å²) in [5.41, 5.74) is 3.05. The molecule has 0 unspecified atom stereocenters. The number of thiazole rings is 1. The van der Waals surface area contributed by atoms with Crippen LogP contribution in [0.15, 0.2) is 24.3 Å². The first kappa shape index (κ1) is 18.6. The van der Waals surface area contributed by atoms with Gasteiger partial charge in [0.1, 0.15) is 4.88 Å². The van der Waals surface area contributed by atoms with Crippen LogP contribution in [0.25, 0.3) is 0 Å². The van der Waals surface area contributed by atoms with E-state index in [0.29, 0.717) is 18.0 Å². The second-order valence-corrected chi connectivity index (χ2v) is 7.15. The van der Waals surface area contributed by atoms with E-state index in [0.717, 1.165) is 35.5 Å². The van der Waals surface area contributed by atoms with Gasteiger partial charge in [0.15, 0.2) is 0 Å². The van der Waals surface area contributed by atoms with Gasteiger partial charge in [-0.25, -0.2) is 4.98 Å². The Morgan fingerprint density at radius 2 is 1.96 bits per heavy atom. The molecule has 0 saturated carbocycles. The minimum atomic E-state index is -0.0435. The van der Waals surface area contributed by atoms with Crippen LogP contribution in [0.5, 0.6) is 0 Å². The molecule has 0 aliphatic heterocycles. The Hall–Kier alpha value is -1.72. The van der Waals surface area contributed by atoms with Gasteiger partial charge in [-0.3, -0.25) is 4.79 Å². The molecule has 0 aliphatic rings. The second kappa shape index (κ2) is 8.94. The lowest BCUT2D eigenvalue weighted by molar-refractivity contribution is 0.0711. The van der Waals surface area contributed by atoms with Gasteiger partial charge in [-0.15, -0.1) is 11.3 Å². The first-order valence-corrected chi connectivity index (χ1v) is 9.28. The van der Waals surface area contributed by atoms with E-state index in [-0.39, 0.29) is 12.5 Å². The molecule has 2 rings (SSSR count). The van der Waals surface area contributed by atoms with Crippen molar-refractivity contribution < 1.29 is 9.90 Å². The molecule has 5 heteroatoms. The van der Waals surface area contributed by atoms with Gasteiger partial charge in [-0.1, -0.05) is 43.2 Å². The third kappa shape index (κ3) is 4.89. The van der Waals surface area contributed by atoms with E-state index in [1.807, 2.05) is 38.1 Å². The minimum absolute atomic E-state index is 0.0395. The van der Waals surface area contributed by atoms with Crippen LogP contribution in [0.2, 0.25) is 0 Å². The molecule has 0 saturated heterocycles. The Balaban J connectivity index is 2.16. The molecule has 0 spiro atoms. The lowest BCUT2D eigenvalue weighted by Crippen LogP contribution is -2.33. The van der Waals surface area contributed by atoms with Gasteiger partial charge in [-0.05, 0) is 32.3 Å². The SMILES string of the molecule is CCCCc1nc(C)c(C(=O)N(CCO)Cc2ccc(C)cc2)s1. The number of aryl methyl sites for hydroxylation is 3. The van der Waals surface area contributed by atoms with Crippen LogP contribution in [-0.4, -0.2) is 34.0 Å². The van der Waals surface area contributed by atoms with E-state index in [9.17, 15) is 9.90 Å². The average Bonchev–Trinajstić information content (AvgIpc) is 2.94. The molecular formula is C19H26N2O2S. The Labute approximate surface area is 148 Å². The van der Waals surface area contributed by atoms with Crippen LogP contribution in [0.3, 0.4) is 0 Å². The van der Waals surface area contributed by atoms with E-state index >= 15 is 0 Å². The molecule has 1 aromatic heterocycles. The quantitative estimate of drug-likeness (QED) is 0.792. The summed E-state index contributed by atoms with van der Waals surface area (Å²) < 4.78 is 0. The monoisotopic (exact) mass is 346 g/mol. The number of hydrogen-bond acceptors (Lipinski definition) is 4. The highest BCUT2D eigenvalue weighted by molar-refractivity contribution is 7.13. The number of hydrogen-bond donors (Lipinski definition) is 1. The summed E-state index contributed by atoms with van der Waals surface area (Å²) in [6.45, 7) is 6.87. The fraction of sp³-hybridized carbons (Fsp3) is 0.474. The Morgan fingerprint density at radius 3 is 2.58 bits per heavy atom. The zero-order valence-corrected chi connectivity index (χ0v) is 15.5. The summed E-state index contributed by atoms with van der Waals surface area (Å²) in [6.07, 6.45) is 3.13. The molecule has 1 N–H and O–H groups in total. The van der Waals surface area contributed by atoms with Crippen LogP contribution in [0.1, 0.15) is 51.3 Å². The predicted octanol–water partition coefficient (Wildman–Crippen LogP) is 3.74. The predicted molar refractivity (Wildman–Crippen MR) is 98.5 cm³/mol. The van der Waals surface area contributed by atoms with Crippen molar-refractivity contribution in [1.29, 1.82) is 0 Å². The molecule has 4 nitrogen and oxygen atoms in total. The van der Waals surface area contributed by atoms with Crippen LogP contribution in [0.4, 0.5) is 0 Å². The van der Waals surface area contributed by atoms with Crippen molar-refractivity contribution in [2.75, 3.05) is 13.2 Å². The van der Waals surface area contributed by atoms with Crippen LogP contribution in [0, 0.1) is 13.8 Å².